The molecule has 1 aromatic heterocycles. The standard InChI is InChI=1S/C29H26O5S/c1-18-13-25(33-2)29(26(14-18)34-3)21-9-6-8-20(15-21)24(30)16-19-7-4-5-10-23(19)27-12-11-22(35-27)17-28(31)32/h4-15H,16-17H2,1-3H3,(H,31,32). The van der Waals surface area contributed by atoms with Gasteiger partial charge in [0.25, 0.3) is 0 Å². The van der Waals surface area contributed by atoms with Gasteiger partial charge >= 0.3 is 5.97 Å². The van der Waals surface area contributed by atoms with Crippen LogP contribution in [0.15, 0.2) is 72.8 Å². The van der Waals surface area contributed by atoms with E-state index in [1.807, 2.05) is 79.7 Å². The van der Waals surface area contributed by atoms with Gasteiger partial charge in [-0.3, -0.25) is 9.59 Å². The van der Waals surface area contributed by atoms with Crippen molar-refractivity contribution in [3.8, 4) is 33.1 Å². The maximum absolute atomic E-state index is 13.4. The number of ketones is 1. The third-order valence-corrected chi connectivity index (χ3v) is 6.86. The molecule has 5 nitrogen and oxygen atoms in total. The first-order valence-electron chi connectivity index (χ1n) is 11.1. The summed E-state index contributed by atoms with van der Waals surface area (Å²) in [4.78, 5) is 26.1. The van der Waals surface area contributed by atoms with Crippen molar-refractivity contribution >= 4 is 23.1 Å². The smallest absolute Gasteiger partial charge is 0.308 e. The number of rotatable bonds is 9. The zero-order valence-electron chi connectivity index (χ0n) is 19.8. The van der Waals surface area contributed by atoms with Gasteiger partial charge in [0.05, 0.1) is 26.2 Å². The molecule has 1 N–H and O–H groups in total. The number of ether oxygens (including phenoxy) is 2. The summed E-state index contributed by atoms with van der Waals surface area (Å²) in [7, 11) is 3.24. The molecule has 6 heteroatoms. The van der Waals surface area contributed by atoms with Gasteiger partial charge in [0.1, 0.15) is 11.5 Å². The van der Waals surface area contributed by atoms with Crippen LogP contribution < -0.4 is 9.47 Å². The van der Waals surface area contributed by atoms with Gasteiger partial charge in [-0.15, -0.1) is 11.3 Å². The Kier molecular flexibility index (Phi) is 7.32. The molecule has 0 amide bonds. The summed E-state index contributed by atoms with van der Waals surface area (Å²) in [5.74, 6) is 0.508. The lowest BCUT2D eigenvalue weighted by atomic mass is 9.95. The van der Waals surface area contributed by atoms with Crippen molar-refractivity contribution in [2.24, 2.45) is 0 Å². The first-order valence-corrected chi connectivity index (χ1v) is 12.0. The topological polar surface area (TPSA) is 72.8 Å². The van der Waals surface area contributed by atoms with Crippen LogP contribution in [-0.2, 0) is 17.6 Å². The zero-order valence-corrected chi connectivity index (χ0v) is 20.6. The molecule has 0 aliphatic rings. The zero-order chi connectivity index (χ0) is 24.9. The summed E-state index contributed by atoms with van der Waals surface area (Å²) in [5.41, 5.74) is 5.11. The van der Waals surface area contributed by atoms with E-state index >= 15 is 0 Å². The Labute approximate surface area is 208 Å². The number of carboxylic acids is 1. The molecule has 0 fully saturated rings. The van der Waals surface area contributed by atoms with Crippen molar-refractivity contribution < 1.29 is 24.2 Å². The predicted octanol–water partition coefficient (Wildman–Crippen LogP) is 6.46. The Hall–Kier alpha value is -3.90. The van der Waals surface area contributed by atoms with E-state index in [0.29, 0.717) is 17.1 Å². The molecular weight excluding hydrogens is 460 g/mol. The summed E-state index contributed by atoms with van der Waals surface area (Å²) in [5, 5.41) is 9.08. The van der Waals surface area contributed by atoms with Crippen molar-refractivity contribution in [2.75, 3.05) is 14.2 Å². The molecule has 0 unspecified atom stereocenters. The Balaban J connectivity index is 1.65. The molecule has 3 aromatic carbocycles. The van der Waals surface area contributed by atoms with Crippen molar-refractivity contribution in [3.05, 3.63) is 94.4 Å². The van der Waals surface area contributed by atoms with Gasteiger partial charge in [0.2, 0.25) is 0 Å². The fourth-order valence-electron chi connectivity index (χ4n) is 4.13. The van der Waals surface area contributed by atoms with Gasteiger partial charge in [0, 0.05) is 21.7 Å². The molecular formula is C29H26O5S. The molecule has 0 spiro atoms. The predicted molar refractivity (Wildman–Crippen MR) is 139 cm³/mol. The van der Waals surface area contributed by atoms with Gasteiger partial charge in [-0.1, -0.05) is 42.5 Å². The van der Waals surface area contributed by atoms with E-state index in [-0.39, 0.29) is 18.6 Å². The number of Topliss-reactive ketones (excluding diaryl/α,β-unsaturated/α-hetero) is 1. The number of carbonyl (C=O) groups is 2. The molecule has 4 rings (SSSR count). The van der Waals surface area contributed by atoms with Crippen LogP contribution in [0.1, 0.15) is 26.4 Å². The quantitative estimate of drug-likeness (QED) is 0.275. The van der Waals surface area contributed by atoms with Crippen LogP contribution in [0.4, 0.5) is 0 Å². The SMILES string of the molecule is COc1cc(C)cc(OC)c1-c1cccc(C(=O)Cc2ccccc2-c2ccc(CC(=O)O)s2)c1. The number of carbonyl (C=O) groups excluding carboxylic acids is 1. The van der Waals surface area contributed by atoms with E-state index < -0.39 is 5.97 Å². The number of aliphatic carboxylic acids is 1. The lowest BCUT2D eigenvalue weighted by Gasteiger charge is -2.15. The summed E-state index contributed by atoms with van der Waals surface area (Å²) < 4.78 is 11.2. The number of hydrogen-bond donors (Lipinski definition) is 1. The molecule has 4 aromatic rings. The molecule has 1 heterocycles. The van der Waals surface area contributed by atoms with Crippen molar-refractivity contribution in [3.63, 3.8) is 0 Å². The first-order chi connectivity index (χ1) is 16.9. The minimum Gasteiger partial charge on any atom is -0.496 e. The molecule has 0 aliphatic carbocycles. The molecule has 0 bridgehead atoms. The van der Waals surface area contributed by atoms with Gasteiger partial charge in [-0.05, 0) is 59.5 Å². The minimum absolute atomic E-state index is 0.00772. The lowest BCUT2D eigenvalue weighted by Crippen LogP contribution is -2.05. The molecule has 0 radical (unpaired) electrons. The van der Waals surface area contributed by atoms with E-state index in [0.717, 1.165) is 37.6 Å². The van der Waals surface area contributed by atoms with Crippen LogP contribution in [-0.4, -0.2) is 31.1 Å². The van der Waals surface area contributed by atoms with Crippen LogP contribution in [0.25, 0.3) is 21.6 Å². The highest BCUT2D eigenvalue weighted by atomic mass is 32.1. The molecule has 0 aliphatic heterocycles. The second-order valence-electron chi connectivity index (χ2n) is 8.22. The maximum Gasteiger partial charge on any atom is 0.308 e. The highest BCUT2D eigenvalue weighted by Gasteiger charge is 2.17. The van der Waals surface area contributed by atoms with Crippen LogP contribution in [0.3, 0.4) is 0 Å². The van der Waals surface area contributed by atoms with Crippen molar-refractivity contribution in [2.45, 2.75) is 19.8 Å². The molecule has 0 atom stereocenters. The van der Waals surface area contributed by atoms with E-state index in [4.69, 9.17) is 14.6 Å². The third kappa shape index (κ3) is 5.44. The number of thiophene rings is 1. The number of hydrogen-bond acceptors (Lipinski definition) is 5. The lowest BCUT2D eigenvalue weighted by molar-refractivity contribution is -0.136. The monoisotopic (exact) mass is 486 g/mol. The first kappa shape index (κ1) is 24.2. The normalized spacial score (nSPS) is 10.7. The van der Waals surface area contributed by atoms with E-state index in [1.165, 1.54) is 11.3 Å². The van der Waals surface area contributed by atoms with Gasteiger partial charge in [-0.2, -0.15) is 0 Å². The maximum atomic E-state index is 13.4. The van der Waals surface area contributed by atoms with Crippen LogP contribution in [0.2, 0.25) is 0 Å². The number of benzene rings is 3. The van der Waals surface area contributed by atoms with Gasteiger partial charge < -0.3 is 14.6 Å². The third-order valence-electron chi connectivity index (χ3n) is 5.74. The van der Waals surface area contributed by atoms with Crippen molar-refractivity contribution in [1.29, 1.82) is 0 Å². The largest absolute Gasteiger partial charge is 0.496 e. The van der Waals surface area contributed by atoms with Gasteiger partial charge in [-0.25, -0.2) is 0 Å². The van der Waals surface area contributed by atoms with Crippen molar-refractivity contribution in [1.82, 2.24) is 0 Å². The Morgan fingerprint density at radius 1 is 0.857 bits per heavy atom. The van der Waals surface area contributed by atoms with E-state index in [2.05, 4.69) is 0 Å². The fraction of sp³-hybridized carbons (Fsp3) is 0.172. The molecule has 0 saturated carbocycles. The van der Waals surface area contributed by atoms with Crippen LogP contribution >= 0.6 is 11.3 Å². The highest BCUT2D eigenvalue weighted by molar-refractivity contribution is 7.15. The molecule has 178 valence electrons. The van der Waals surface area contributed by atoms with Gasteiger partial charge in [0.15, 0.2) is 5.78 Å². The molecule has 35 heavy (non-hydrogen) atoms. The number of methoxy groups -OCH3 is 2. The fourth-order valence-corrected chi connectivity index (χ4v) is 5.19. The highest BCUT2D eigenvalue weighted by Crippen LogP contribution is 2.40. The van der Waals surface area contributed by atoms with Crippen LogP contribution in [0.5, 0.6) is 11.5 Å². The second-order valence-corrected chi connectivity index (χ2v) is 9.39. The summed E-state index contributed by atoms with van der Waals surface area (Å²) in [6, 6.07) is 22.9. The Morgan fingerprint density at radius 3 is 2.26 bits per heavy atom. The Bertz CT molecular complexity index is 1360. The second kappa shape index (κ2) is 10.6. The summed E-state index contributed by atoms with van der Waals surface area (Å²) in [6.07, 6.45) is 0.221. The minimum atomic E-state index is -0.858. The van der Waals surface area contributed by atoms with Crippen LogP contribution in [0, 0.1) is 6.92 Å². The molecule has 0 saturated heterocycles. The average Bonchev–Trinajstić information content (AvgIpc) is 3.31. The summed E-state index contributed by atoms with van der Waals surface area (Å²) in [6.45, 7) is 1.98. The Morgan fingerprint density at radius 2 is 1.57 bits per heavy atom. The number of carboxylic acid groups (broad SMARTS) is 1. The van der Waals surface area contributed by atoms with E-state index in [9.17, 15) is 9.59 Å². The number of aryl methyl sites for hydroxylation is 1. The average molecular weight is 487 g/mol. The summed E-state index contributed by atoms with van der Waals surface area (Å²) >= 11 is 1.44. The van der Waals surface area contributed by atoms with E-state index in [1.54, 1.807) is 14.2 Å².